The lowest BCUT2D eigenvalue weighted by atomic mass is 9.95. The summed E-state index contributed by atoms with van der Waals surface area (Å²) in [6.07, 6.45) is 5.77. The minimum Gasteiger partial charge on any atom is -0.334 e. The molecule has 2 aliphatic rings. The van der Waals surface area contributed by atoms with E-state index in [1.807, 2.05) is 18.7 Å². The second kappa shape index (κ2) is 9.57. The van der Waals surface area contributed by atoms with Crippen LogP contribution in [0.4, 0.5) is 0 Å². The molecule has 8 heteroatoms. The number of rotatable bonds is 4. The third kappa shape index (κ3) is 4.70. The number of hydrogen-bond acceptors (Lipinski definition) is 4. The highest BCUT2D eigenvalue weighted by atomic mass is 35.5. The Balaban J connectivity index is 0.00000280. The zero-order valence-electron chi connectivity index (χ0n) is 16.8. The fourth-order valence-corrected chi connectivity index (χ4v) is 5.70. The van der Waals surface area contributed by atoms with Crippen LogP contribution < -0.4 is 5.73 Å². The van der Waals surface area contributed by atoms with Crippen molar-refractivity contribution in [3.05, 3.63) is 29.3 Å². The number of likely N-dealkylation sites (tertiary alicyclic amines) is 1. The summed E-state index contributed by atoms with van der Waals surface area (Å²) in [5.74, 6) is -0.106. The third-order valence-electron chi connectivity index (χ3n) is 5.81. The molecule has 3 rings (SSSR count). The van der Waals surface area contributed by atoms with Crippen molar-refractivity contribution in [2.45, 2.75) is 69.4 Å². The highest BCUT2D eigenvalue weighted by Gasteiger charge is 2.32. The lowest BCUT2D eigenvalue weighted by Crippen LogP contribution is -2.51. The standard InChI is InChI=1S/C20H31N3O3S.ClH/c1-15-9-10-17(27(25,26)22-11-5-3-6-12-22)14-18(15)20(24)23-13-7-4-8-19(23)16(2)21;/h9-10,14,16,19H,3-8,11-13,21H2,1-2H3;1H. The van der Waals surface area contributed by atoms with Crippen LogP contribution in [0.2, 0.25) is 0 Å². The Hall–Kier alpha value is -1.15. The van der Waals surface area contributed by atoms with Gasteiger partial charge in [-0.25, -0.2) is 8.42 Å². The average Bonchev–Trinajstić information content (AvgIpc) is 2.68. The van der Waals surface area contributed by atoms with Gasteiger partial charge >= 0.3 is 0 Å². The molecule has 6 nitrogen and oxygen atoms in total. The topological polar surface area (TPSA) is 83.7 Å². The molecule has 2 aliphatic heterocycles. The number of halogens is 1. The summed E-state index contributed by atoms with van der Waals surface area (Å²) in [5.41, 5.74) is 7.38. The number of piperidine rings is 2. The maximum atomic E-state index is 13.3. The molecular formula is C20H32ClN3O3S. The molecule has 1 aromatic carbocycles. The Labute approximate surface area is 174 Å². The molecule has 0 radical (unpaired) electrons. The highest BCUT2D eigenvalue weighted by Crippen LogP contribution is 2.26. The first kappa shape index (κ1) is 23.1. The van der Waals surface area contributed by atoms with E-state index in [0.717, 1.165) is 44.1 Å². The van der Waals surface area contributed by atoms with Gasteiger partial charge in [0, 0.05) is 37.3 Å². The number of nitrogens with two attached hydrogens (primary N) is 1. The SMILES string of the molecule is Cc1ccc(S(=O)(=O)N2CCCCC2)cc1C(=O)N1CCCCC1C(C)N.Cl. The van der Waals surface area contributed by atoms with E-state index in [1.54, 1.807) is 22.5 Å². The second-order valence-electron chi connectivity index (χ2n) is 7.86. The van der Waals surface area contributed by atoms with Gasteiger partial charge in [0.15, 0.2) is 0 Å². The molecule has 2 N–H and O–H groups in total. The van der Waals surface area contributed by atoms with Crippen molar-refractivity contribution in [1.82, 2.24) is 9.21 Å². The van der Waals surface area contributed by atoms with Gasteiger partial charge in [-0.15, -0.1) is 12.4 Å². The molecule has 0 bridgehead atoms. The molecule has 0 saturated carbocycles. The van der Waals surface area contributed by atoms with Crippen LogP contribution in [0.3, 0.4) is 0 Å². The first-order valence-electron chi connectivity index (χ1n) is 9.99. The Morgan fingerprint density at radius 2 is 1.75 bits per heavy atom. The second-order valence-corrected chi connectivity index (χ2v) is 9.80. The number of aryl methyl sites for hydroxylation is 1. The van der Waals surface area contributed by atoms with Gasteiger partial charge in [-0.1, -0.05) is 12.5 Å². The molecular weight excluding hydrogens is 398 g/mol. The summed E-state index contributed by atoms with van der Waals surface area (Å²) in [4.78, 5) is 15.3. The van der Waals surface area contributed by atoms with E-state index in [9.17, 15) is 13.2 Å². The first-order chi connectivity index (χ1) is 12.8. The van der Waals surface area contributed by atoms with Crippen LogP contribution in [0.25, 0.3) is 0 Å². The molecule has 0 spiro atoms. The molecule has 158 valence electrons. The van der Waals surface area contributed by atoms with Crippen molar-refractivity contribution < 1.29 is 13.2 Å². The Kier molecular flexibility index (Phi) is 7.90. The summed E-state index contributed by atoms with van der Waals surface area (Å²) < 4.78 is 27.5. The smallest absolute Gasteiger partial charge is 0.254 e. The van der Waals surface area contributed by atoms with Crippen LogP contribution in [0.15, 0.2) is 23.1 Å². The maximum absolute atomic E-state index is 13.3. The number of benzene rings is 1. The van der Waals surface area contributed by atoms with Crippen LogP contribution in [-0.2, 0) is 10.0 Å². The van der Waals surface area contributed by atoms with Crippen molar-refractivity contribution in [3.63, 3.8) is 0 Å². The molecule has 0 aromatic heterocycles. The van der Waals surface area contributed by atoms with Crippen LogP contribution in [0, 0.1) is 6.92 Å². The van der Waals surface area contributed by atoms with Gasteiger partial charge in [0.2, 0.25) is 10.0 Å². The van der Waals surface area contributed by atoms with Crippen molar-refractivity contribution in [2.75, 3.05) is 19.6 Å². The van der Waals surface area contributed by atoms with E-state index in [-0.39, 0.29) is 35.3 Å². The van der Waals surface area contributed by atoms with Crippen molar-refractivity contribution in [1.29, 1.82) is 0 Å². The van der Waals surface area contributed by atoms with E-state index in [1.165, 1.54) is 0 Å². The van der Waals surface area contributed by atoms with Gasteiger partial charge in [-0.3, -0.25) is 4.79 Å². The average molecular weight is 430 g/mol. The molecule has 1 aromatic rings. The number of sulfonamides is 1. The largest absolute Gasteiger partial charge is 0.334 e. The van der Waals surface area contributed by atoms with Crippen LogP contribution in [-0.4, -0.2) is 55.2 Å². The van der Waals surface area contributed by atoms with E-state index in [0.29, 0.717) is 25.2 Å². The molecule has 2 fully saturated rings. The predicted octanol–water partition coefficient (Wildman–Crippen LogP) is 2.93. The molecule has 2 atom stereocenters. The summed E-state index contributed by atoms with van der Waals surface area (Å²) >= 11 is 0. The monoisotopic (exact) mass is 429 g/mol. The highest BCUT2D eigenvalue weighted by molar-refractivity contribution is 7.89. The minimum atomic E-state index is -3.56. The fraction of sp³-hybridized carbons (Fsp3) is 0.650. The van der Waals surface area contributed by atoms with Gasteiger partial charge in [0.05, 0.1) is 4.90 Å². The molecule has 2 heterocycles. The zero-order valence-corrected chi connectivity index (χ0v) is 18.4. The van der Waals surface area contributed by atoms with Crippen molar-refractivity contribution in [2.24, 2.45) is 5.73 Å². The van der Waals surface area contributed by atoms with E-state index in [4.69, 9.17) is 5.73 Å². The number of carbonyl (C=O) groups is 1. The maximum Gasteiger partial charge on any atom is 0.254 e. The number of hydrogen-bond donors (Lipinski definition) is 1. The van der Waals surface area contributed by atoms with Crippen molar-refractivity contribution in [3.8, 4) is 0 Å². The quantitative estimate of drug-likeness (QED) is 0.797. The normalized spacial score (nSPS) is 22.4. The van der Waals surface area contributed by atoms with E-state index < -0.39 is 10.0 Å². The molecule has 2 saturated heterocycles. The van der Waals surface area contributed by atoms with E-state index in [2.05, 4.69) is 0 Å². The summed E-state index contributed by atoms with van der Waals surface area (Å²) in [7, 11) is -3.56. The lowest BCUT2D eigenvalue weighted by Gasteiger charge is -2.38. The van der Waals surface area contributed by atoms with Crippen LogP contribution in [0.5, 0.6) is 0 Å². The van der Waals surface area contributed by atoms with Crippen molar-refractivity contribution >= 4 is 28.3 Å². The minimum absolute atomic E-state index is 0. The predicted molar refractivity (Wildman–Crippen MR) is 113 cm³/mol. The fourth-order valence-electron chi connectivity index (χ4n) is 4.16. The molecule has 2 unspecified atom stereocenters. The first-order valence-corrected chi connectivity index (χ1v) is 11.4. The molecule has 0 aliphatic carbocycles. The number of carbonyl (C=O) groups excluding carboxylic acids is 1. The summed E-state index contributed by atoms with van der Waals surface area (Å²) in [6, 6.07) is 4.83. The molecule has 28 heavy (non-hydrogen) atoms. The number of nitrogens with zero attached hydrogens (tertiary/aromatic N) is 2. The Morgan fingerprint density at radius 3 is 2.39 bits per heavy atom. The van der Waals surface area contributed by atoms with Gasteiger partial charge in [0.1, 0.15) is 0 Å². The van der Waals surface area contributed by atoms with Gasteiger partial charge < -0.3 is 10.6 Å². The van der Waals surface area contributed by atoms with Gasteiger partial charge in [-0.2, -0.15) is 4.31 Å². The van der Waals surface area contributed by atoms with Gasteiger partial charge in [0.25, 0.3) is 5.91 Å². The Morgan fingerprint density at radius 1 is 1.11 bits per heavy atom. The van der Waals surface area contributed by atoms with Gasteiger partial charge in [-0.05, 0) is 63.6 Å². The third-order valence-corrected chi connectivity index (χ3v) is 7.70. The number of amides is 1. The lowest BCUT2D eigenvalue weighted by molar-refractivity contribution is 0.0583. The Bertz CT molecular complexity index is 792. The van der Waals surface area contributed by atoms with Crippen LogP contribution >= 0.6 is 12.4 Å². The zero-order chi connectivity index (χ0) is 19.6. The molecule has 1 amide bonds. The van der Waals surface area contributed by atoms with E-state index >= 15 is 0 Å². The van der Waals surface area contributed by atoms with Crippen LogP contribution in [0.1, 0.15) is 61.4 Å². The summed E-state index contributed by atoms with van der Waals surface area (Å²) in [6.45, 7) is 5.57. The summed E-state index contributed by atoms with van der Waals surface area (Å²) in [5, 5.41) is 0.